The fourth-order valence-corrected chi connectivity index (χ4v) is 4.93. The van der Waals surface area contributed by atoms with Crippen molar-refractivity contribution in [1.82, 2.24) is 20.5 Å². The van der Waals surface area contributed by atoms with Crippen LogP contribution in [0.25, 0.3) is 10.8 Å². The number of nitrogens with zero attached hydrogens (tertiary/aromatic N) is 2. The maximum Gasteiger partial charge on any atom is 0.338 e. The summed E-state index contributed by atoms with van der Waals surface area (Å²) in [6.45, 7) is 2.76. The van der Waals surface area contributed by atoms with Gasteiger partial charge in [-0.3, -0.25) is 15.0 Å². The number of hydrogen-bond acceptors (Lipinski definition) is 9. The molecule has 39 heavy (non-hydrogen) atoms. The van der Waals surface area contributed by atoms with Gasteiger partial charge in [-0.05, 0) is 67.0 Å². The van der Waals surface area contributed by atoms with Crippen LogP contribution in [0.5, 0.6) is 5.75 Å². The minimum absolute atomic E-state index is 0.184. The summed E-state index contributed by atoms with van der Waals surface area (Å²) < 4.78 is 10.5. The number of aromatic nitrogens is 1. The van der Waals surface area contributed by atoms with E-state index in [9.17, 15) is 14.4 Å². The zero-order chi connectivity index (χ0) is 27.8. The molecule has 0 radical (unpaired) electrons. The first-order chi connectivity index (χ1) is 18.9. The number of esters is 1. The van der Waals surface area contributed by atoms with Gasteiger partial charge in [0.2, 0.25) is 5.91 Å². The van der Waals surface area contributed by atoms with Crippen molar-refractivity contribution >= 4 is 34.8 Å². The topological polar surface area (TPSA) is 136 Å². The number of hydrogen-bond donors (Lipinski definition) is 3. The molecule has 206 valence electrons. The van der Waals surface area contributed by atoms with Crippen LogP contribution in [-0.4, -0.2) is 66.6 Å². The smallest absolute Gasteiger partial charge is 0.338 e. The third-order valence-corrected chi connectivity index (χ3v) is 6.92. The highest BCUT2D eigenvalue weighted by Gasteiger charge is 2.40. The average molecular weight is 534 g/mol. The minimum atomic E-state index is -0.937. The van der Waals surface area contributed by atoms with Gasteiger partial charge in [0.15, 0.2) is 6.17 Å². The molecule has 0 spiro atoms. The molecule has 1 unspecified atom stereocenters. The summed E-state index contributed by atoms with van der Waals surface area (Å²) in [5.74, 6) is 0.479. The normalized spacial score (nSPS) is 16.9. The maximum atomic E-state index is 13.3. The standard InChI is InChI=1S/C29H35N5O5/c1-3-39-29(37)27(33-22(18-35)16-19-6-9-23(38-2)10-7-19)34-14-4-5-25(34)28(36)32-17-20-8-11-24-21(15-20)12-13-31-26(24)30/h6-13,15,18,22,25,27,33H,3-5,14,16-17H2,1-2H3,(H2,30,31)(H,32,36)/t22-,25?,27+/m1/s1. The van der Waals surface area contributed by atoms with Gasteiger partial charge in [0.05, 0.1) is 25.8 Å². The summed E-state index contributed by atoms with van der Waals surface area (Å²) in [6, 6.07) is 13.8. The number of benzene rings is 2. The molecule has 1 amide bonds. The van der Waals surface area contributed by atoms with Crippen LogP contribution in [0, 0.1) is 0 Å². The first kappa shape index (κ1) is 28.0. The molecule has 1 aromatic heterocycles. The highest BCUT2D eigenvalue weighted by atomic mass is 16.5. The molecule has 10 heteroatoms. The fourth-order valence-electron chi connectivity index (χ4n) is 4.93. The highest BCUT2D eigenvalue weighted by Crippen LogP contribution is 2.23. The molecule has 3 aromatic rings. The third kappa shape index (κ3) is 6.90. The fraction of sp³-hybridized carbons (Fsp3) is 0.379. The minimum Gasteiger partial charge on any atom is -0.497 e. The van der Waals surface area contributed by atoms with Crippen LogP contribution in [0.4, 0.5) is 5.82 Å². The van der Waals surface area contributed by atoms with Gasteiger partial charge >= 0.3 is 5.97 Å². The number of pyridine rings is 1. The van der Waals surface area contributed by atoms with E-state index in [2.05, 4.69) is 15.6 Å². The second kappa shape index (κ2) is 13.2. The van der Waals surface area contributed by atoms with Crippen molar-refractivity contribution in [2.24, 2.45) is 0 Å². The number of carbonyl (C=O) groups is 3. The molecule has 3 atom stereocenters. The number of rotatable bonds is 12. The number of methoxy groups -OCH3 is 1. The van der Waals surface area contributed by atoms with E-state index in [1.807, 2.05) is 48.5 Å². The van der Waals surface area contributed by atoms with Crippen LogP contribution in [0.1, 0.15) is 30.9 Å². The van der Waals surface area contributed by atoms with Gasteiger partial charge in [0.25, 0.3) is 0 Å². The Labute approximate surface area is 227 Å². The summed E-state index contributed by atoms with van der Waals surface area (Å²) in [5, 5.41) is 7.95. The molecule has 1 aliphatic heterocycles. The molecule has 2 aromatic carbocycles. The van der Waals surface area contributed by atoms with Gasteiger partial charge in [0, 0.05) is 24.7 Å². The van der Waals surface area contributed by atoms with Crippen molar-refractivity contribution in [1.29, 1.82) is 0 Å². The number of anilines is 1. The molecule has 10 nitrogen and oxygen atoms in total. The molecule has 1 fully saturated rings. The molecule has 0 saturated carbocycles. The Morgan fingerprint density at radius 1 is 1.18 bits per heavy atom. The second-order valence-electron chi connectivity index (χ2n) is 9.48. The molecule has 2 heterocycles. The van der Waals surface area contributed by atoms with E-state index in [1.54, 1.807) is 25.1 Å². The van der Waals surface area contributed by atoms with E-state index in [0.29, 0.717) is 31.7 Å². The largest absolute Gasteiger partial charge is 0.497 e. The number of nitrogens with one attached hydrogen (secondary N) is 2. The summed E-state index contributed by atoms with van der Waals surface area (Å²) >= 11 is 0. The Kier molecular flexibility index (Phi) is 9.45. The number of carbonyl (C=O) groups excluding carboxylic acids is 3. The van der Waals surface area contributed by atoms with E-state index in [1.165, 1.54) is 0 Å². The lowest BCUT2D eigenvalue weighted by Gasteiger charge is -2.33. The zero-order valence-corrected chi connectivity index (χ0v) is 22.3. The van der Waals surface area contributed by atoms with Crippen molar-refractivity contribution in [2.45, 2.75) is 51.0 Å². The number of aldehydes is 1. The third-order valence-electron chi connectivity index (χ3n) is 6.92. The lowest BCUT2D eigenvalue weighted by molar-refractivity contribution is -0.152. The number of amides is 1. The van der Waals surface area contributed by atoms with E-state index < -0.39 is 24.2 Å². The van der Waals surface area contributed by atoms with Crippen molar-refractivity contribution in [3.63, 3.8) is 0 Å². The Morgan fingerprint density at radius 3 is 2.67 bits per heavy atom. The van der Waals surface area contributed by atoms with E-state index in [-0.39, 0.29) is 12.5 Å². The summed E-state index contributed by atoms with van der Waals surface area (Å²) in [4.78, 5) is 44.2. The molecular weight excluding hydrogens is 498 g/mol. The lowest BCUT2D eigenvalue weighted by atomic mass is 10.1. The van der Waals surface area contributed by atoms with Gasteiger partial charge in [0.1, 0.15) is 17.9 Å². The summed E-state index contributed by atoms with van der Waals surface area (Å²) in [7, 11) is 1.59. The van der Waals surface area contributed by atoms with Crippen LogP contribution in [0.3, 0.4) is 0 Å². The zero-order valence-electron chi connectivity index (χ0n) is 22.3. The number of nitrogen functional groups attached to an aromatic ring is 1. The molecule has 0 aliphatic carbocycles. The molecule has 0 bridgehead atoms. The van der Waals surface area contributed by atoms with Crippen LogP contribution >= 0.6 is 0 Å². The van der Waals surface area contributed by atoms with Crippen molar-refractivity contribution in [2.75, 3.05) is 26.0 Å². The Morgan fingerprint density at radius 2 is 1.95 bits per heavy atom. The van der Waals surface area contributed by atoms with Crippen LogP contribution in [-0.2, 0) is 32.1 Å². The molecule has 4 N–H and O–H groups in total. The van der Waals surface area contributed by atoms with Crippen LogP contribution < -0.4 is 21.1 Å². The van der Waals surface area contributed by atoms with Gasteiger partial charge in [-0.2, -0.15) is 0 Å². The van der Waals surface area contributed by atoms with Gasteiger partial charge < -0.3 is 25.3 Å². The summed E-state index contributed by atoms with van der Waals surface area (Å²) in [5.41, 5.74) is 7.77. The number of nitrogens with two attached hydrogens (primary N) is 1. The number of likely N-dealkylation sites (tertiary alicyclic amines) is 1. The van der Waals surface area contributed by atoms with Crippen molar-refractivity contribution < 1.29 is 23.9 Å². The maximum absolute atomic E-state index is 13.3. The van der Waals surface area contributed by atoms with E-state index in [0.717, 1.165) is 40.4 Å². The Hall–Kier alpha value is -4.02. The first-order valence-corrected chi connectivity index (χ1v) is 13.1. The van der Waals surface area contributed by atoms with Gasteiger partial charge in [-0.25, -0.2) is 9.78 Å². The highest BCUT2D eigenvalue weighted by molar-refractivity contribution is 5.91. The quantitative estimate of drug-likeness (QED) is 0.236. The Bertz CT molecular complexity index is 1300. The predicted molar refractivity (Wildman–Crippen MR) is 148 cm³/mol. The monoisotopic (exact) mass is 533 g/mol. The first-order valence-electron chi connectivity index (χ1n) is 13.1. The average Bonchev–Trinajstić information content (AvgIpc) is 3.44. The molecule has 1 aliphatic rings. The SMILES string of the molecule is CCOC(=O)[C@@H](N[C@@H](C=O)Cc1ccc(OC)cc1)N1CCCC1C(=O)NCc1ccc2c(N)nccc2c1. The van der Waals surface area contributed by atoms with Gasteiger partial charge in [-0.1, -0.05) is 24.3 Å². The Balaban J connectivity index is 1.45. The number of ether oxygens (including phenoxy) is 2. The molecule has 4 rings (SSSR count). The van der Waals surface area contributed by atoms with Crippen molar-refractivity contribution in [3.8, 4) is 5.75 Å². The lowest BCUT2D eigenvalue weighted by Crippen LogP contribution is -2.59. The van der Waals surface area contributed by atoms with Crippen molar-refractivity contribution in [3.05, 3.63) is 65.9 Å². The number of fused-ring (bicyclic) bond motifs is 1. The van der Waals surface area contributed by atoms with Crippen LogP contribution in [0.15, 0.2) is 54.7 Å². The summed E-state index contributed by atoms with van der Waals surface area (Å²) in [6.07, 6.45) is 3.20. The molecule has 1 saturated heterocycles. The second-order valence-corrected chi connectivity index (χ2v) is 9.48. The van der Waals surface area contributed by atoms with E-state index in [4.69, 9.17) is 15.2 Å². The predicted octanol–water partition coefficient (Wildman–Crippen LogP) is 2.20. The molecular formula is C29H35N5O5. The van der Waals surface area contributed by atoms with Crippen LogP contribution in [0.2, 0.25) is 0 Å². The van der Waals surface area contributed by atoms with E-state index >= 15 is 0 Å². The van der Waals surface area contributed by atoms with Gasteiger partial charge in [-0.15, -0.1) is 0 Å².